The first kappa shape index (κ1) is 23.4. The Bertz CT molecular complexity index is 1080. The van der Waals surface area contributed by atoms with E-state index in [2.05, 4.69) is 40.7 Å². The van der Waals surface area contributed by atoms with Crippen LogP contribution in [0.3, 0.4) is 0 Å². The molecule has 0 radical (unpaired) electrons. The summed E-state index contributed by atoms with van der Waals surface area (Å²) in [4.78, 5) is 4.35. The number of ether oxygens (including phenoxy) is 2. The molecule has 1 saturated carbocycles. The third-order valence-corrected chi connectivity index (χ3v) is 7.02. The van der Waals surface area contributed by atoms with Crippen LogP contribution in [0.15, 0.2) is 36.7 Å². The van der Waals surface area contributed by atoms with Crippen LogP contribution >= 0.6 is 11.9 Å². The smallest absolute Gasteiger partial charge is 0.239 e. The van der Waals surface area contributed by atoms with Gasteiger partial charge in [-0.3, -0.25) is 14.3 Å². The van der Waals surface area contributed by atoms with E-state index in [9.17, 15) is 0 Å². The van der Waals surface area contributed by atoms with E-state index in [-0.39, 0.29) is 0 Å². The number of para-hydroxylation sites is 1. The minimum atomic E-state index is 0.444. The molecule has 2 aromatic heterocycles. The lowest BCUT2D eigenvalue weighted by Gasteiger charge is -2.43. The van der Waals surface area contributed by atoms with Crippen molar-refractivity contribution < 1.29 is 9.47 Å². The van der Waals surface area contributed by atoms with Crippen LogP contribution < -0.4 is 14.2 Å². The summed E-state index contributed by atoms with van der Waals surface area (Å²) < 4.78 is 16.8. The van der Waals surface area contributed by atoms with Crippen LogP contribution in [0.2, 0.25) is 0 Å². The molecule has 8 heteroatoms. The molecule has 33 heavy (non-hydrogen) atoms. The summed E-state index contributed by atoms with van der Waals surface area (Å²) in [5.74, 6) is 3.44. The highest BCUT2D eigenvalue weighted by atomic mass is 32.2. The molecule has 1 N–H and O–H groups in total. The van der Waals surface area contributed by atoms with Crippen molar-refractivity contribution in [1.29, 1.82) is 0 Å². The zero-order valence-electron chi connectivity index (χ0n) is 20.3. The highest BCUT2D eigenvalue weighted by Crippen LogP contribution is 2.47. The standard InChI is InChI=1S/C25H33N5O2S/c1-16-10-19(15-26-14-16)23-27-28-24(29-33-17(2)11-18-12-25(3,4)13-18)30(23)22-20(31-5)8-7-9-21(22)32-6/h7-10,14-15,17-18H,11-13H2,1-6H3,(H,28,29). The molecule has 1 fully saturated rings. The Morgan fingerprint density at radius 3 is 2.45 bits per heavy atom. The Morgan fingerprint density at radius 2 is 1.85 bits per heavy atom. The van der Waals surface area contributed by atoms with E-state index in [1.165, 1.54) is 19.3 Å². The zero-order chi connectivity index (χ0) is 23.6. The third-order valence-electron chi connectivity index (χ3n) is 6.12. The van der Waals surface area contributed by atoms with Gasteiger partial charge in [-0.15, -0.1) is 10.2 Å². The minimum absolute atomic E-state index is 0.444. The van der Waals surface area contributed by atoms with Crippen molar-refractivity contribution in [1.82, 2.24) is 19.7 Å². The topological polar surface area (TPSA) is 74.1 Å². The van der Waals surface area contributed by atoms with Gasteiger partial charge in [-0.1, -0.05) is 26.8 Å². The van der Waals surface area contributed by atoms with Gasteiger partial charge in [0.05, 0.1) is 14.2 Å². The van der Waals surface area contributed by atoms with Gasteiger partial charge in [0.1, 0.15) is 17.2 Å². The largest absolute Gasteiger partial charge is 0.494 e. The number of aryl methyl sites for hydroxylation is 1. The van der Waals surface area contributed by atoms with Gasteiger partial charge >= 0.3 is 0 Å². The molecule has 0 saturated heterocycles. The van der Waals surface area contributed by atoms with Crippen molar-refractivity contribution in [2.75, 3.05) is 18.9 Å². The van der Waals surface area contributed by atoms with Crippen molar-refractivity contribution in [2.45, 2.75) is 52.2 Å². The normalized spacial score (nSPS) is 16.2. The van der Waals surface area contributed by atoms with E-state index >= 15 is 0 Å². The predicted octanol–water partition coefficient (Wildman–Crippen LogP) is 5.93. The number of hydrogen-bond donors (Lipinski definition) is 1. The minimum Gasteiger partial charge on any atom is -0.494 e. The van der Waals surface area contributed by atoms with Crippen LogP contribution in [0.25, 0.3) is 17.1 Å². The Hall–Kier alpha value is -2.74. The molecule has 176 valence electrons. The summed E-state index contributed by atoms with van der Waals surface area (Å²) in [6.45, 7) is 8.98. The van der Waals surface area contributed by atoms with E-state index in [0.29, 0.717) is 33.9 Å². The molecular weight excluding hydrogens is 434 g/mol. The van der Waals surface area contributed by atoms with Crippen molar-refractivity contribution in [2.24, 2.45) is 11.3 Å². The molecule has 1 aliphatic carbocycles. The van der Waals surface area contributed by atoms with E-state index in [0.717, 1.165) is 22.7 Å². The number of hydrogen-bond acceptors (Lipinski definition) is 7. The van der Waals surface area contributed by atoms with E-state index in [1.54, 1.807) is 32.4 Å². The average molecular weight is 468 g/mol. The molecule has 1 aromatic carbocycles. The maximum atomic E-state index is 5.69. The van der Waals surface area contributed by atoms with Crippen LogP contribution in [0.1, 0.15) is 45.6 Å². The zero-order valence-corrected chi connectivity index (χ0v) is 21.1. The lowest BCUT2D eigenvalue weighted by molar-refractivity contribution is 0.0905. The second-order valence-electron chi connectivity index (χ2n) is 9.65. The van der Waals surface area contributed by atoms with Gasteiger partial charge in [0.25, 0.3) is 0 Å². The molecule has 1 aliphatic rings. The van der Waals surface area contributed by atoms with Crippen LogP contribution in [0.4, 0.5) is 5.95 Å². The molecule has 4 rings (SSSR count). The summed E-state index contributed by atoms with van der Waals surface area (Å²) in [6, 6.07) is 7.78. The lowest BCUT2D eigenvalue weighted by Crippen LogP contribution is -2.33. The monoisotopic (exact) mass is 467 g/mol. The summed E-state index contributed by atoms with van der Waals surface area (Å²) >= 11 is 1.68. The summed E-state index contributed by atoms with van der Waals surface area (Å²) in [5, 5.41) is 9.47. The number of nitrogens with zero attached hydrogens (tertiary/aromatic N) is 4. The Balaban J connectivity index is 1.67. The van der Waals surface area contributed by atoms with Gasteiger partial charge < -0.3 is 9.47 Å². The number of anilines is 1. The highest BCUT2D eigenvalue weighted by molar-refractivity contribution is 8.01. The maximum absolute atomic E-state index is 5.69. The number of pyridine rings is 1. The van der Waals surface area contributed by atoms with Gasteiger partial charge in [0.15, 0.2) is 5.82 Å². The van der Waals surface area contributed by atoms with Gasteiger partial charge in [-0.25, -0.2) is 0 Å². The van der Waals surface area contributed by atoms with E-state index in [1.807, 2.05) is 42.0 Å². The number of nitrogens with one attached hydrogen (secondary N) is 1. The summed E-state index contributed by atoms with van der Waals surface area (Å²) in [5.41, 5.74) is 3.17. The molecule has 1 unspecified atom stereocenters. The molecule has 7 nitrogen and oxygen atoms in total. The van der Waals surface area contributed by atoms with Gasteiger partial charge in [0.2, 0.25) is 5.95 Å². The fraction of sp³-hybridized carbons (Fsp3) is 0.480. The van der Waals surface area contributed by atoms with Gasteiger partial charge in [0, 0.05) is 23.2 Å². The van der Waals surface area contributed by atoms with Crippen LogP contribution in [-0.4, -0.2) is 39.2 Å². The van der Waals surface area contributed by atoms with Crippen molar-refractivity contribution >= 4 is 17.9 Å². The second kappa shape index (κ2) is 9.63. The van der Waals surface area contributed by atoms with Gasteiger partial charge in [-0.2, -0.15) is 0 Å². The molecule has 0 spiro atoms. The molecule has 0 aliphatic heterocycles. The number of methoxy groups -OCH3 is 2. The first-order chi connectivity index (χ1) is 15.8. The lowest BCUT2D eigenvalue weighted by atomic mass is 9.63. The fourth-order valence-corrected chi connectivity index (χ4v) is 5.63. The van der Waals surface area contributed by atoms with Crippen LogP contribution in [0, 0.1) is 18.3 Å². The summed E-state index contributed by atoms with van der Waals surface area (Å²) in [7, 11) is 3.31. The number of rotatable bonds is 9. The predicted molar refractivity (Wildman–Crippen MR) is 134 cm³/mol. The van der Waals surface area contributed by atoms with E-state index < -0.39 is 0 Å². The SMILES string of the molecule is COc1cccc(OC)c1-n1c(NSC(C)CC2CC(C)(C)C2)nnc1-c1cncc(C)c1. The molecular formula is C25H33N5O2S. The fourth-order valence-electron chi connectivity index (χ4n) is 4.82. The molecule has 0 amide bonds. The highest BCUT2D eigenvalue weighted by Gasteiger charge is 2.36. The Labute approximate surface area is 200 Å². The molecule has 1 atom stereocenters. The van der Waals surface area contributed by atoms with Crippen molar-refractivity contribution in [3.05, 3.63) is 42.2 Å². The number of benzene rings is 1. The Kier molecular flexibility index (Phi) is 6.83. The first-order valence-corrected chi connectivity index (χ1v) is 12.2. The average Bonchev–Trinajstić information content (AvgIpc) is 3.19. The quantitative estimate of drug-likeness (QED) is 0.391. The molecule has 3 aromatic rings. The maximum Gasteiger partial charge on any atom is 0.239 e. The Morgan fingerprint density at radius 1 is 1.15 bits per heavy atom. The van der Waals surface area contributed by atoms with Crippen molar-refractivity contribution in [3.63, 3.8) is 0 Å². The third kappa shape index (κ3) is 5.11. The van der Waals surface area contributed by atoms with Crippen molar-refractivity contribution in [3.8, 4) is 28.6 Å². The summed E-state index contributed by atoms with van der Waals surface area (Å²) in [6.07, 6.45) is 7.41. The molecule has 0 bridgehead atoms. The second-order valence-corrected chi connectivity index (χ2v) is 10.9. The first-order valence-electron chi connectivity index (χ1n) is 11.3. The number of aromatic nitrogens is 4. The van der Waals surface area contributed by atoms with Gasteiger partial charge in [-0.05, 0) is 73.2 Å². The van der Waals surface area contributed by atoms with E-state index in [4.69, 9.17) is 9.47 Å². The van der Waals surface area contributed by atoms with Crippen LogP contribution in [0.5, 0.6) is 11.5 Å². The molecule has 2 heterocycles. The van der Waals surface area contributed by atoms with Crippen LogP contribution in [-0.2, 0) is 0 Å².